The topological polar surface area (TPSA) is 110 Å². The minimum atomic E-state index is -5.08. The van der Waals surface area contributed by atoms with Crippen LogP contribution in [0.2, 0.25) is 0 Å². The zero-order valence-corrected chi connectivity index (χ0v) is 13.7. The summed E-state index contributed by atoms with van der Waals surface area (Å²) in [6, 6.07) is 9.96. The monoisotopic (exact) mass is 372 g/mol. The molecule has 1 heterocycles. The molecular weight excluding hydrogens is 353 g/mol. The molecule has 0 unspecified atom stereocenters. The minimum Gasteiger partial charge on any atom is -0.475 e. The highest BCUT2D eigenvalue weighted by Crippen LogP contribution is 2.13. The molecule has 1 amide bonds. The molecular formula is C16H19F3N4O3. The fourth-order valence-electron chi connectivity index (χ4n) is 1.81. The first-order valence-corrected chi connectivity index (χ1v) is 7.58. The Morgan fingerprint density at radius 2 is 1.85 bits per heavy atom. The number of halogens is 3. The molecule has 26 heavy (non-hydrogen) atoms. The van der Waals surface area contributed by atoms with Crippen molar-refractivity contribution < 1.29 is 27.9 Å². The second-order valence-corrected chi connectivity index (χ2v) is 5.12. The third-order valence-corrected chi connectivity index (χ3v) is 3.00. The van der Waals surface area contributed by atoms with Crippen LogP contribution in [0.3, 0.4) is 0 Å². The van der Waals surface area contributed by atoms with Gasteiger partial charge in [-0.15, -0.1) is 0 Å². The molecule has 2 rings (SSSR count). The number of anilines is 1. The number of nitrogens with zero attached hydrogens (tertiary/aromatic N) is 2. The third kappa shape index (κ3) is 8.29. The molecule has 1 aromatic carbocycles. The van der Waals surface area contributed by atoms with Gasteiger partial charge in [0, 0.05) is 19.2 Å². The summed E-state index contributed by atoms with van der Waals surface area (Å²) in [5.74, 6) is -2.76. The van der Waals surface area contributed by atoms with E-state index in [1.165, 1.54) is 0 Å². The van der Waals surface area contributed by atoms with Gasteiger partial charge in [0.2, 0.25) is 5.91 Å². The Labute approximate surface area is 147 Å². The van der Waals surface area contributed by atoms with Crippen molar-refractivity contribution in [3.63, 3.8) is 0 Å². The zero-order valence-electron chi connectivity index (χ0n) is 13.7. The van der Waals surface area contributed by atoms with Gasteiger partial charge in [0.15, 0.2) is 0 Å². The van der Waals surface area contributed by atoms with Crippen molar-refractivity contribution in [2.24, 2.45) is 5.73 Å². The summed E-state index contributed by atoms with van der Waals surface area (Å²) in [6.45, 7) is 1.18. The lowest BCUT2D eigenvalue weighted by Crippen LogP contribution is -2.21. The molecule has 0 saturated carbocycles. The van der Waals surface area contributed by atoms with E-state index in [1.807, 2.05) is 30.3 Å². The molecule has 10 heteroatoms. The van der Waals surface area contributed by atoms with E-state index in [9.17, 15) is 18.0 Å². The first kappa shape index (κ1) is 21.2. The quantitative estimate of drug-likeness (QED) is 0.719. The predicted molar refractivity (Wildman–Crippen MR) is 88.4 cm³/mol. The molecule has 7 nitrogen and oxygen atoms in total. The molecule has 142 valence electrons. The van der Waals surface area contributed by atoms with Crippen LogP contribution in [0.25, 0.3) is 0 Å². The van der Waals surface area contributed by atoms with Crippen LogP contribution in [0, 0.1) is 0 Å². The van der Waals surface area contributed by atoms with Gasteiger partial charge < -0.3 is 16.2 Å². The van der Waals surface area contributed by atoms with Crippen molar-refractivity contribution in [3.8, 4) is 0 Å². The van der Waals surface area contributed by atoms with Gasteiger partial charge in [0.1, 0.15) is 0 Å². The van der Waals surface area contributed by atoms with Crippen molar-refractivity contribution in [1.82, 2.24) is 9.78 Å². The van der Waals surface area contributed by atoms with Gasteiger partial charge in [-0.25, -0.2) is 4.79 Å². The van der Waals surface area contributed by atoms with E-state index in [2.05, 4.69) is 10.4 Å². The number of amides is 1. The molecule has 0 bridgehead atoms. The van der Waals surface area contributed by atoms with E-state index in [1.54, 1.807) is 17.1 Å². The number of aromatic nitrogens is 2. The van der Waals surface area contributed by atoms with Crippen molar-refractivity contribution >= 4 is 17.6 Å². The van der Waals surface area contributed by atoms with Gasteiger partial charge >= 0.3 is 12.1 Å². The number of alkyl halides is 3. The van der Waals surface area contributed by atoms with Crippen molar-refractivity contribution in [2.45, 2.75) is 25.6 Å². The van der Waals surface area contributed by atoms with Crippen LogP contribution >= 0.6 is 0 Å². The van der Waals surface area contributed by atoms with Gasteiger partial charge in [-0.1, -0.05) is 30.3 Å². The van der Waals surface area contributed by atoms with E-state index in [0.29, 0.717) is 25.2 Å². The number of benzene rings is 1. The Bertz CT molecular complexity index is 702. The molecule has 2 aromatic rings. The SMILES string of the molecule is NCCn1cc(NC(=O)CCc2ccccc2)cn1.O=C(O)C(F)(F)F. The summed E-state index contributed by atoms with van der Waals surface area (Å²) in [5, 5.41) is 14.1. The largest absolute Gasteiger partial charge is 0.490 e. The van der Waals surface area contributed by atoms with Crippen LogP contribution in [0.5, 0.6) is 0 Å². The molecule has 0 aliphatic carbocycles. The molecule has 0 radical (unpaired) electrons. The van der Waals surface area contributed by atoms with Gasteiger partial charge in [-0.05, 0) is 12.0 Å². The number of nitrogens with two attached hydrogens (primary N) is 1. The highest BCUT2D eigenvalue weighted by atomic mass is 19.4. The highest BCUT2D eigenvalue weighted by Gasteiger charge is 2.38. The first-order valence-electron chi connectivity index (χ1n) is 7.58. The molecule has 0 atom stereocenters. The fourth-order valence-corrected chi connectivity index (χ4v) is 1.81. The molecule has 1 aromatic heterocycles. The Morgan fingerprint density at radius 1 is 1.23 bits per heavy atom. The van der Waals surface area contributed by atoms with E-state index < -0.39 is 12.1 Å². The Morgan fingerprint density at radius 3 is 2.38 bits per heavy atom. The maximum atomic E-state index is 11.8. The van der Waals surface area contributed by atoms with Crippen molar-refractivity contribution in [1.29, 1.82) is 0 Å². The summed E-state index contributed by atoms with van der Waals surface area (Å²) in [4.78, 5) is 20.7. The summed E-state index contributed by atoms with van der Waals surface area (Å²) < 4.78 is 33.5. The summed E-state index contributed by atoms with van der Waals surface area (Å²) in [5.41, 5.74) is 7.31. The fraction of sp³-hybridized carbons (Fsp3) is 0.312. The van der Waals surface area contributed by atoms with Crippen LogP contribution < -0.4 is 11.1 Å². The van der Waals surface area contributed by atoms with Gasteiger partial charge in [-0.2, -0.15) is 18.3 Å². The van der Waals surface area contributed by atoms with E-state index >= 15 is 0 Å². The number of rotatable bonds is 6. The van der Waals surface area contributed by atoms with Crippen LogP contribution in [0.1, 0.15) is 12.0 Å². The van der Waals surface area contributed by atoms with Gasteiger partial charge in [0.05, 0.1) is 18.4 Å². The van der Waals surface area contributed by atoms with E-state index in [-0.39, 0.29) is 5.91 Å². The Kier molecular flexibility index (Phi) is 8.29. The minimum absolute atomic E-state index is 0.00356. The molecule has 0 aliphatic heterocycles. The molecule has 4 N–H and O–H groups in total. The van der Waals surface area contributed by atoms with Gasteiger partial charge in [0.25, 0.3) is 0 Å². The van der Waals surface area contributed by atoms with E-state index in [4.69, 9.17) is 15.6 Å². The average molecular weight is 372 g/mol. The number of carboxylic acid groups (broad SMARTS) is 1. The normalized spacial score (nSPS) is 10.6. The molecule has 0 saturated heterocycles. The molecule has 0 fully saturated rings. The Balaban J connectivity index is 0.000000412. The van der Waals surface area contributed by atoms with Crippen molar-refractivity contribution in [3.05, 3.63) is 48.3 Å². The summed E-state index contributed by atoms with van der Waals surface area (Å²) >= 11 is 0. The highest BCUT2D eigenvalue weighted by molar-refractivity contribution is 5.90. The number of carboxylic acids is 1. The van der Waals surface area contributed by atoms with E-state index in [0.717, 1.165) is 12.0 Å². The van der Waals surface area contributed by atoms with Gasteiger partial charge in [-0.3, -0.25) is 9.48 Å². The second-order valence-electron chi connectivity index (χ2n) is 5.12. The summed E-state index contributed by atoms with van der Waals surface area (Å²) in [7, 11) is 0. The lowest BCUT2D eigenvalue weighted by molar-refractivity contribution is -0.192. The smallest absolute Gasteiger partial charge is 0.475 e. The molecule has 0 spiro atoms. The first-order chi connectivity index (χ1) is 12.2. The number of hydrogen-bond acceptors (Lipinski definition) is 4. The van der Waals surface area contributed by atoms with Crippen LogP contribution in [-0.4, -0.2) is 39.5 Å². The van der Waals surface area contributed by atoms with Crippen LogP contribution in [0.4, 0.5) is 18.9 Å². The number of carbonyl (C=O) groups excluding carboxylic acids is 1. The van der Waals surface area contributed by atoms with Crippen LogP contribution in [0.15, 0.2) is 42.7 Å². The zero-order chi connectivity index (χ0) is 19.6. The lowest BCUT2D eigenvalue weighted by Gasteiger charge is -2.02. The standard InChI is InChI=1S/C14H18N4O.C2HF3O2/c15-8-9-18-11-13(10-16-18)17-14(19)7-6-12-4-2-1-3-5-12;3-2(4,5)1(6)7/h1-5,10-11H,6-9,15H2,(H,17,19);(H,6,7). The predicted octanol–water partition coefficient (Wildman–Crippen LogP) is 2.05. The van der Waals surface area contributed by atoms with Crippen LogP contribution in [-0.2, 0) is 22.6 Å². The lowest BCUT2D eigenvalue weighted by atomic mass is 10.1. The second kappa shape index (κ2) is 10.2. The maximum absolute atomic E-state index is 11.8. The number of aryl methyl sites for hydroxylation is 1. The number of hydrogen-bond donors (Lipinski definition) is 3. The average Bonchev–Trinajstić information content (AvgIpc) is 3.01. The summed E-state index contributed by atoms with van der Waals surface area (Å²) in [6.07, 6.45) is -0.459. The van der Waals surface area contributed by atoms with Crippen molar-refractivity contribution in [2.75, 3.05) is 11.9 Å². The number of aliphatic carboxylic acids is 1. The number of nitrogens with one attached hydrogen (secondary N) is 1. The molecule has 0 aliphatic rings. The third-order valence-electron chi connectivity index (χ3n) is 3.00. The maximum Gasteiger partial charge on any atom is 0.490 e. The Hall–Kier alpha value is -2.88. The number of carbonyl (C=O) groups is 2.